The molecule has 2 atom stereocenters. The summed E-state index contributed by atoms with van der Waals surface area (Å²) in [5.74, 6) is 0. The van der Waals surface area contributed by atoms with E-state index in [1.807, 2.05) is 60.7 Å². The van der Waals surface area contributed by atoms with E-state index in [1.54, 1.807) is 0 Å². The number of nitrogens with zero attached hydrogens (tertiary/aromatic N) is 3. The Kier molecular flexibility index (Phi) is 3.97. The van der Waals surface area contributed by atoms with Crippen molar-refractivity contribution >= 4 is 0 Å². The summed E-state index contributed by atoms with van der Waals surface area (Å²) in [5.41, 5.74) is 16.8. The lowest BCUT2D eigenvalue weighted by atomic mass is 9.95. The van der Waals surface area contributed by atoms with Gasteiger partial charge in [-0.05, 0) is 16.7 Å². The second-order valence-corrected chi connectivity index (χ2v) is 4.00. The Morgan fingerprint density at radius 3 is 1.89 bits per heavy atom. The molecule has 0 spiro atoms. The molecule has 0 bridgehead atoms. The van der Waals surface area contributed by atoms with Crippen LogP contribution in [0.2, 0.25) is 0 Å². The third-order valence-electron chi connectivity index (χ3n) is 2.84. The molecule has 0 fully saturated rings. The van der Waals surface area contributed by atoms with Gasteiger partial charge in [0.2, 0.25) is 0 Å². The molecular weight excluding hydrogens is 224 g/mol. The van der Waals surface area contributed by atoms with E-state index in [1.165, 1.54) is 0 Å². The van der Waals surface area contributed by atoms with Crippen LogP contribution in [0.3, 0.4) is 0 Å². The van der Waals surface area contributed by atoms with E-state index < -0.39 is 6.04 Å². The summed E-state index contributed by atoms with van der Waals surface area (Å²) in [6.45, 7) is 0. The number of nitrogens with two attached hydrogens (primary N) is 1. The summed E-state index contributed by atoms with van der Waals surface area (Å²) in [6.07, 6.45) is 0. The zero-order chi connectivity index (χ0) is 12.8. The highest BCUT2D eigenvalue weighted by atomic mass is 15.2. The minimum atomic E-state index is -0.390. The van der Waals surface area contributed by atoms with Crippen molar-refractivity contribution in [3.05, 3.63) is 82.2 Å². The molecule has 2 aromatic carbocycles. The predicted molar refractivity (Wildman–Crippen MR) is 71.7 cm³/mol. The van der Waals surface area contributed by atoms with Crippen LogP contribution in [0.25, 0.3) is 10.4 Å². The van der Waals surface area contributed by atoms with Gasteiger partial charge >= 0.3 is 0 Å². The van der Waals surface area contributed by atoms with E-state index in [4.69, 9.17) is 11.3 Å². The lowest BCUT2D eigenvalue weighted by Crippen LogP contribution is -2.18. The maximum atomic E-state index is 8.70. The topological polar surface area (TPSA) is 74.8 Å². The summed E-state index contributed by atoms with van der Waals surface area (Å²) in [6, 6.07) is 18.5. The molecule has 0 radical (unpaired) electrons. The van der Waals surface area contributed by atoms with E-state index in [2.05, 4.69) is 10.0 Å². The van der Waals surface area contributed by atoms with Crippen molar-refractivity contribution in [1.82, 2.24) is 0 Å². The van der Waals surface area contributed by atoms with Gasteiger partial charge in [0.05, 0.1) is 6.04 Å². The number of rotatable bonds is 4. The largest absolute Gasteiger partial charge is 0.323 e. The van der Waals surface area contributed by atoms with Crippen molar-refractivity contribution in [2.45, 2.75) is 12.1 Å². The van der Waals surface area contributed by atoms with Gasteiger partial charge < -0.3 is 5.73 Å². The van der Waals surface area contributed by atoms with Gasteiger partial charge in [-0.25, -0.2) is 0 Å². The van der Waals surface area contributed by atoms with Crippen LogP contribution in [0.15, 0.2) is 65.8 Å². The maximum absolute atomic E-state index is 8.70. The first-order valence-corrected chi connectivity index (χ1v) is 5.72. The van der Waals surface area contributed by atoms with Crippen LogP contribution in [0.4, 0.5) is 0 Å². The molecule has 0 aliphatic carbocycles. The fraction of sp³-hybridized carbons (Fsp3) is 0.143. The van der Waals surface area contributed by atoms with Crippen LogP contribution in [0, 0.1) is 0 Å². The number of azide groups is 1. The molecule has 2 rings (SSSR count). The molecule has 90 valence electrons. The zero-order valence-electron chi connectivity index (χ0n) is 9.85. The first kappa shape index (κ1) is 12.2. The first-order valence-electron chi connectivity index (χ1n) is 5.72. The van der Waals surface area contributed by atoms with Gasteiger partial charge in [-0.15, -0.1) is 0 Å². The average molecular weight is 238 g/mol. The van der Waals surface area contributed by atoms with Gasteiger partial charge in [0.1, 0.15) is 0 Å². The SMILES string of the molecule is [N-]=[N+]=NC(c1ccccc1)C(N)c1ccccc1. The van der Waals surface area contributed by atoms with Crippen molar-refractivity contribution in [2.75, 3.05) is 0 Å². The monoisotopic (exact) mass is 238 g/mol. The molecule has 4 heteroatoms. The number of hydrogen-bond donors (Lipinski definition) is 1. The lowest BCUT2D eigenvalue weighted by molar-refractivity contribution is 0.571. The van der Waals surface area contributed by atoms with Gasteiger partial charge in [-0.2, -0.15) is 0 Å². The summed E-state index contributed by atoms with van der Waals surface area (Å²) in [5, 5.41) is 3.83. The molecular formula is C14H14N4. The number of benzene rings is 2. The maximum Gasteiger partial charge on any atom is 0.0818 e. The summed E-state index contributed by atoms with van der Waals surface area (Å²) >= 11 is 0. The fourth-order valence-corrected chi connectivity index (χ4v) is 1.91. The molecule has 0 amide bonds. The van der Waals surface area contributed by atoms with Crippen LogP contribution in [0.1, 0.15) is 23.2 Å². The molecule has 18 heavy (non-hydrogen) atoms. The van der Waals surface area contributed by atoms with Gasteiger partial charge in [0.15, 0.2) is 0 Å². The third-order valence-corrected chi connectivity index (χ3v) is 2.84. The highest BCUT2D eigenvalue weighted by Gasteiger charge is 2.19. The normalized spacial score (nSPS) is 13.4. The van der Waals surface area contributed by atoms with Crippen LogP contribution < -0.4 is 5.73 Å². The Morgan fingerprint density at radius 2 is 1.39 bits per heavy atom. The van der Waals surface area contributed by atoms with Gasteiger partial charge in [0, 0.05) is 11.0 Å². The molecule has 0 saturated heterocycles. The molecule has 0 aromatic heterocycles. The zero-order valence-corrected chi connectivity index (χ0v) is 9.85. The molecule has 2 aromatic rings. The van der Waals surface area contributed by atoms with E-state index >= 15 is 0 Å². The predicted octanol–water partition coefficient (Wildman–Crippen LogP) is 3.74. The molecule has 0 aliphatic heterocycles. The van der Waals surface area contributed by atoms with Crippen LogP contribution >= 0.6 is 0 Å². The Bertz CT molecular complexity index is 532. The van der Waals surface area contributed by atoms with Crippen LogP contribution in [0.5, 0.6) is 0 Å². The second-order valence-electron chi connectivity index (χ2n) is 4.00. The Hall–Kier alpha value is -2.29. The van der Waals surface area contributed by atoms with Crippen molar-refractivity contribution < 1.29 is 0 Å². The smallest absolute Gasteiger partial charge is 0.0818 e. The van der Waals surface area contributed by atoms with E-state index in [9.17, 15) is 0 Å². The average Bonchev–Trinajstić information content (AvgIpc) is 2.46. The second kappa shape index (κ2) is 5.87. The van der Waals surface area contributed by atoms with Crippen molar-refractivity contribution in [3.63, 3.8) is 0 Å². The Balaban J connectivity index is 2.35. The highest BCUT2D eigenvalue weighted by molar-refractivity contribution is 5.27. The Morgan fingerprint density at radius 1 is 0.889 bits per heavy atom. The quantitative estimate of drug-likeness (QED) is 0.491. The summed E-state index contributed by atoms with van der Waals surface area (Å²) in [4.78, 5) is 2.90. The fourth-order valence-electron chi connectivity index (χ4n) is 1.91. The van der Waals surface area contributed by atoms with Crippen molar-refractivity contribution in [3.8, 4) is 0 Å². The first-order chi connectivity index (χ1) is 8.83. The summed E-state index contributed by atoms with van der Waals surface area (Å²) in [7, 11) is 0. The molecule has 0 heterocycles. The minimum absolute atomic E-state index is 0.343. The molecule has 2 N–H and O–H groups in total. The molecule has 2 unspecified atom stereocenters. The molecule has 0 saturated carbocycles. The molecule has 4 nitrogen and oxygen atoms in total. The highest BCUT2D eigenvalue weighted by Crippen LogP contribution is 2.30. The Labute approximate surface area is 106 Å². The van der Waals surface area contributed by atoms with E-state index in [0.717, 1.165) is 11.1 Å². The van der Waals surface area contributed by atoms with Gasteiger partial charge in [-0.1, -0.05) is 65.8 Å². The standard InChI is InChI=1S/C14H14N4/c15-13(11-7-3-1-4-8-11)14(17-18-16)12-9-5-2-6-10-12/h1-10,13-14H,15H2. The van der Waals surface area contributed by atoms with E-state index in [-0.39, 0.29) is 6.04 Å². The summed E-state index contributed by atoms with van der Waals surface area (Å²) < 4.78 is 0. The third kappa shape index (κ3) is 2.69. The lowest BCUT2D eigenvalue weighted by Gasteiger charge is -2.20. The molecule has 0 aliphatic rings. The van der Waals surface area contributed by atoms with E-state index in [0.29, 0.717) is 0 Å². The minimum Gasteiger partial charge on any atom is -0.323 e. The van der Waals surface area contributed by atoms with Gasteiger partial charge in [0.25, 0.3) is 0 Å². The van der Waals surface area contributed by atoms with Crippen molar-refractivity contribution in [1.29, 1.82) is 0 Å². The van der Waals surface area contributed by atoms with Crippen LogP contribution in [-0.2, 0) is 0 Å². The van der Waals surface area contributed by atoms with Crippen LogP contribution in [-0.4, -0.2) is 0 Å². The number of hydrogen-bond acceptors (Lipinski definition) is 2. The van der Waals surface area contributed by atoms with Crippen molar-refractivity contribution in [2.24, 2.45) is 10.8 Å². The van der Waals surface area contributed by atoms with Gasteiger partial charge in [-0.3, -0.25) is 0 Å².